The highest BCUT2D eigenvalue weighted by Crippen LogP contribution is 2.33. The summed E-state index contributed by atoms with van der Waals surface area (Å²) in [5, 5.41) is 19.0. The number of benzene rings is 1. The van der Waals surface area contributed by atoms with E-state index in [9.17, 15) is 23.1 Å². The van der Waals surface area contributed by atoms with Crippen LogP contribution < -0.4 is 10.6 Å². The van der Waals surface area contributed by atoms with E-state index in [1.165, 1.54) is 10.7 Å². The van der Waals surface area contributed by atoms with E-state index in [4.69, 9.17) is 0 Å². The van der Waals surface area contributed by atoms with Gasteiger partial charge in [0.15, 0.2) is 0 Å². The Morgan fingerprint density at radius 1 is 1.36 bits per heavy atom. The maximum absolute atomic E-state index is 13.5. The molecule has 1 amide bonds. The predicted octanol–water partition coefficient (Wildman–Crippen LogP) is 2.27. The first-order valence-corrected chi connectivity index (χ1v) is 8.58. The van der Waals surface area contributed by atoms with Crippen molar-refractivity contribution in [1.82, 2.24) is 20.4 Å². The topological polar surface area (TPSA) is 79.2 Å². The highest BCUT2D eigenvalue weighted by atomic mass is 35.5. The first-order chi connectivity index (χ1) is 12.6. The number of rotatable bonds is 4. The van der Waals surface area contributed by atoms with Crippen molar-refractivity contribution in [1.29, 1.82) is 0 Å². The Morgan fingerprint density at radius 3 is 2.61 bits per heavy atom. The Kier molecular flexibility index (Phi) is 6.74. The number of carbonyl (C=O) groups is 1. The third-order valence-electron chi connectivity index (χ3n) is 4.53. The van der Waals surface area contributed by atoms with Crippen LogP contribution in [0.3, 0.4) is 0 Å². The van der Waals surface area contributed by atoms with Crippen molar-refractivity contribution in [3.05, 3.63) is 46.8 Å². The summed E-state index contributed by atoms with van der Waals surface area (Å²) in [5.74, 6) is -0.428. The molecule has 1 aromatic heterocycles. The number of amides is 1. The zero-order chi connectivity index (χ0) is 19.8. The molecule has 3 rings (SSSR count). The largest absolute Gasteiger partial charge is 0.416 e. The van der Waals surface area contributed by atoms with Crippen LogP contribution in [-0.4, -0.2) is 39.5 Å². The second kappa shape index (κ2) is 8.50. The van der Waals surface area contributed by atoms with Gasteiger partial charge in [0, 0.05) is 18.8 Å². The summed E-state index contributed by atoms with van der Waals surface area (Å²) in [7, 11) is 0. The third-order valence-corrected chi connectivity index (χ3v) is 4.53. The molecule has 0 saturated carbocycles. The summed E-state index contributed by atoms with van der Waals surface area (Å²) in [5.41, 5.74) is 0.909. The molecule has 0 radical (unpaired) electrons. The molecule has 1 aromatic carbocycles. The fraction of sp³-hybridized carbons (Fsp3) is 0.444. The molecular weight excluding hydrogens is 397 g/mol. The number of aryl methyl sites for hydroxylation is 2. The highest BCUT2D eigenvalue weighted by molar-refractivity contribution is 5.85. The van der Waals surface area contributed by atoms with Crippen molar-refractivity contribution in [3.63, 3.8) is 0 Å². The number of halogens is 4. The number of β-amino-alcohol motifs (C(OH)–C–C–N with tert-alkyl or cyclic N) is 1. The van der Waals surface area contributed by atoms with Gasteiger partial charge < -0.3 is 15.7 Å². The van der Waals surface area contributed by atoms with Gasteiger partial charge in [-0.05, 0) is 44.0 Å². The molecule has 2 aromatic rings. The molecule has 2 heterocycles. The maximum Gasteiger partial charge on any atom is 0.416 e. The van der Waals surface area contributed by atoms with E-state index in [0.717, 1.165) is 11.8 Å². The Balaban J connectivity index is 0.00000280. The first-order valence-electron chi connectivity index (χ1n) is 8.58. The summed E-state index contributed by atoms with van der Waals surface area (Å²) >= 11 is 0. The van der Waals surface area contributed by atoms with E-state index in [2.05, 4.69) is 15.7 Å². The van der Waals surface area contributed by atoms with Crippen molar-refractivity contribution in [3.8, 4) is 5.69 Å². The van der Waals surface area contributed by atoms with Gasteiger partial charge in [-0.15, -0.1) is 12.4 Å². The Morgan fingerprint density at radius 2 is 2.07 bits per heavy atom. The molecule has 0 aliphatic carbocycles. The molecule has 3 N–H and O–H groups in total. The monoisotopic (exact) mass is 418 g/mol. The molecule has 0 spiro atoms. The van der Waals surface area contributed by atoms with Gasteiger partial charge in [-0.25, -0.2) is 4.68 Å². The predicted molar refractivity (Wildman–Crippen MR) is 99.5 cm³/mol. The highest BCUT2D eigenvalue weighted by Gasteiger charge is 2.34. The normalized spacial score (nSPS) is 19.4. The van der Waals surface area contributed by atoms with Gasteiger partial charge in [-0.2, -0.15) is 18.3 Å². The summed E-state index contributed by atoms with van der Waals surface area (Å²) in [6.07, 6.45) is -4.94. The van der Waals surface area contributed by atoms with Gasteiger partial charge in [-0.1, -0.05) is 6.07 Å². The van der Waals surface area contributed by atoms with E-state index in [1.54, 1.807) is 26.0 Å². The molecule has 0 bridgehead atoms. The Hall–Kier alpha value is -2.10. The van der Waals surface area contributed by atoms with E-state index >= 15 is 0 Å². The number of alkyl halides is 3. The van der Waals surface area contributed by atoms with Gasteiger partial charge in [-0.3, -0.25) is 4.79 Å². The molecule has 6 nitrogen and oxygen atoms in total. The van der Waals surface area contributed by atoms with Gasteiger partial charge in [0.25, 0.3) is 0 Å². The first kappa shape index (κ1) is 22.2. The van der Waals surface area contributed by atoms with E-state index in [0.29, 0.717) is 17.9 Å². The molecule has 2 atom stereocenters. The fourth-order valence-corrected chi connectivity index (χ4v) is 3.23. The number of aliphatic hydroxyl groups is 1. The lowest BCUT2D eigenvalue weighted by atomic mass is 10.1. The van der Waals surface area contributed by atoms with Gasteiger partial charge in [0.05, 0.1) is 29.1 Å². The van der Waals surface area contributed by atoms with E-state index in [-0.39, 0.29) is 30.9 Å². The molecule has 154 valence electrons. The van der Waals surface area contributed by atoms with Crippen LogP contribution in [-0.2, 0) is 17.5 Å². The average molecular weight is 419 g/mol. The molecular formula is C18H22ClF3N4O2. The minimum absolute atomic E-state index is 0. The lowest BCUT2D eigenvalue weighted by Gasteiger charge is -2.17. The van der Waals surface area contributed by atoms with Gasteiger partial charge in [0.1, 0.15) is 0 Å². The summed E-state index contributed by atoms with van der Waals surface area (Å²) in [4.78, 5) is 12.1. The van der Waals surface area contributed by atoms with Crippen LogP contribution in [0.5, 0.6) is 0 Å². The van der Waals surface area contributed by atoms with Crippen molar-refractivity contribution in [2.75, 3.05) is 6.54 Å². The third kappa shape index (κ3) is 4.84. The smallest absolute Gasteiger partial charge is 0.392 e. The number of nitrogens with zero attached hydrogens (tertiary/aromatic N) is 2. The molecule has 1 aliphatic heterocycles. The molecule has 1 aliphatic rings. The van der Waals surface area contributed by atoms with Crippen LogP contribution in [0.25, 0.3) is 5.69 Å². The van der Waals surface area contributed by atoms with Crippen LogP contribution >= 0.6 is 12.4 Å². The van der Waals surface area contributed by atoms with Crippen LogP contribution in [0.1, 0.15) is 28.9 Å². The maximum atomic E-state index is 13.5. The van der Waals surface area contributed by atoms with Crippen LogP contribution in [0.15, 0.2) is 24.3 Å². The molecule has 1 fully saturated rings. The van der Waals surface area contributed by atoms with Crippen molar-refractivity contribution in [2.24, 2.45) is 0 Å². The van der Waals surface area contributed by atoms with Crippen LogP contribution in [0, 0.1) is 13.8 Å². The van der Waals surface area contributed by atoms with Crippen molar-refractivity contribution in [2.45, 2.75) is 45.1 Å². The number of aromatic nitrogens is 2. The average Bonchev–Trinajstić information content (AvgIpc) is 3.17. The van der Waals surface area contributed by atoms with Crippen molar-refractivity contribution < 1.29 is 23.1 Å². The van der Waals surface area contributed by atoms with Crippen molar-refractivity contribution >= 4 is 18.3 Å². The number of aliphatic hydroxyl groups excluding tert-OH is 1. The van der Waals surface area contributed by atoms with Gasteiger partial charge in [0.2, 0.25) is 5.91 Å². The van der Waals surface area contributed by atoms with Crippen LogP contribution in [0.2, 0.25) is 0 Å². The number of hydrogen-bond donors (Lipinski definition) is 3. The summed E-state index contributed by atoms with van der Waals surface area (Å²) < 4.78 is 42.1. The molecule has 10 heteroatoms. The molecule has 28 heavy (non-hydrogen) atoms. The van der Waals surface area contributed by atoms with Gasteiger partial charge >= 0.3 is 6.18 Å². The Labute approximate surface area is 166 Å². The Bertz CT molecular complexity index is 854. The van der Waals surface area contributed by atoms with E-state index < -0.39 is 29.8 Å². The number of carbonyl (C=O) groups excluding carboxylic acids is 1. The number of hydrogen-bond acceptors (Lipinski definition) is 4. The fourth-order valence-electron chi connectivity index (χ4n) is 3.23. The molecule has 1 saturated heterocycles. The zero-order valence-corrected chi connectivity index (χ0v) is 16.2. The minimum atomic E-state index is -4.56. The lowest BCUT2D eigenvalue weighted by Crippen LogP contribution is -2.40. The van der Waals surface area contributed by atoms with E-state index in [1.807, 2.05) is 0 Å². The summed E-state index contributed by atoms with van der Waals surface area (Å²) in [6, 6.07) is 5.13. The second-order valence-electron chi connectivity index (χ2n) is 6.75. The standard InChI is InChI=1S/C18H21F3N4O2.ClH/c1-10-5-11(2)25(24-10)13-4-3-12(15(6-13)18(19,20)21)8-23-17(27)16-7-14(26)9-22-16;/h3-6,14,16,22,26H,7-9H2,1-2H3,(H,23,27);1H. The quantitative estimate of drug-likeness (QED) is 0.711. The SMILES string of the molecule is Cc1cc(C)n(-c2ccc(CNC(=O)C3CC(O)CN3)c(C(F)(F)F)c2)n1.Cl. The number of nitrogens with one attached hydrogen (secondary N) is 2. The minimum Gasteiger partial charge on any atom is -0.392 e. The zero-order valence-electron chi connectivity index (χ0n) is 15.4. The summed E-state index contributed by atoms with van der Waals surface area (Å²) in [6.45, 7) is 3.58. The van der Waals surface area contributed by atoms with Crippen LogP contribution in [0.4, 0.5) is 13.2 Å². The molecule has 2 unspecified atom stereocenters. The lowest BCUT2D eigenvalue weighted by molar-refractivity contribution is -0.138. The second-order valence-corrected chi connectivity index (χ2v) is 6.75.